The standard InChI is InChI=1S/C14H17Cl2FN2/c1-8-6-18-13(9-2-3-9)7-19(8)14-11(15)4-10(17)5-12(14)16/h4-5,8-9,13,18H,2-3,6-7H2,1H3. The Balaban J connectivity index is 1.90. The molecule has 1 saturated carbocycles. The molecule has 1 aliphatic heterocycles. The first-order chi connectivity index (χ1) is 9.06. The first kappa shape index (κ1) is 13.5. The number of anilines is 1. The zero-order chi connectivity index (χ0) is 13.6. The molecule has 1 aromatic carbocycles. The smallest absolute Gasteiger partial charge is 0.126 e. The Morgan fingerprint density at radius 2 is 1.89 bits per heavy atom. The highest BCUT2D eigenvalue weighted by Crippen LogP contribution is 2.39. The lowest BCUT2D eigenvalue weighted by molar-refractivity contribution is 0.376. The maximum absolute atomic E-state index is 13.3. The van der Waals surface area contributed by atoms with Crippen molar-refractivity contribution in [2.75, 3.05) is 18.0 Å². The van der Waals surface area contributed by atoms with Gasteiger partial charge < -0.3 is 10.2 Å². The number of benzene rings is 1. The van der Waals surface area contributed by atoms with E-state index >= 15 is 0 Å². The van der Waals surface area contributed by atoms with Crippen molar-refractivity contribution in [3.63, 3.8) is 0 Å². The molecule has 1 aromatic rings. The average Bonchev–Trinajstić information content (AvgIpc) is 3.14. The summed E-state index contributed by atoms with van der Waals surface area (Å²) >= 11 is 12.4. The lowest BCUT2D eigenvalue weighted by Gasteiger charge is -2.41. The summed E-state index contributed by atoms with van der Waals surface area (Å²) < 4.78 is 13.3. The maximum Gasteiger partial charge on any atom is 0.126 e. The monoisotopic (exact) mass is 302 g/mol. The van der Waals surface area contributed by atoms with Crippen molar-refractivity contribution in [3.05, 3.63) is 28.0 Å². The second kappa shape index (κ2) is 5.12. The predicted molar refractivity (Wildman–Crippen MR) is 77.7 cm³/mol. The van der Waals surface area contributed by atoms with Gasteiger partial charge >= 0.3 is 0 Å². The second-order valence-corrected chi connectivity index (χ2v) is 6.39. The van der Waals surface area contributed by atoms with Crippen molar-refractivity contribution in [1.29, 1.82) is 0 Å². The maximum atomic E-state index is 13.3. The Kier molecular flexibility index (Phi) is 3.63. The van der Waals surface area contributed by atoms with Crippen LogP contribution in [0.1, 0.15) is 19.8 Å². The quantitative estimate of drug-likeness (QED) is 0.896. The Morgan fingerprint density at radius 1 is 1.26 bits per heavy atom. The Hall–Kier alpha value is -0.510. The molecule has 3 rings (SSSR count). The molecule has 0 radical (unpaired) electrons. The molecule has 0 aromatic heterocycles. The number of nitrogens with one attached hydrogen (secondary N) is 1. The largest absolute Gasteiger partial charge is 0.364 e. The molecule has 0 spiro atoms. The van der Waals surface area contributed by atoms with Crippen LogP contribution in [-0.4, -0.2) is 25.2 Å². The minimum Gasteiger partial charge on any atom is -0.364 e. The summed E-state index contributed by atoms with van der Waals surface area (Å²) in [4.78, 5) is 2.21. The zero-order valence-corrected chi connectivity index (χ0v) is 12.3. The second-order valence-electron chi connectivity index (χ2n) is 5.57. The van der Waals surface area contributed by atoms with Gasteiger partial charge in [0.1, 0.15) is 5.82 Å². The van der Waals surface area contributed by atoms with Crippen LogP contribution in [0.4, 0.5) is 10.1 Å². The molecule has 5 heteroatoms. The van der Waals surface area contributed by atoms with Gasteiger partial charge in [0.25, 0.3) is 0 Å². The summed E-state index contributed by atoms with van der Waals surface area (Å²) in [6.45, 7) is 3.92. The van der Waals surface area contributed by atoms with E-state index in [1.54, 1.807) is 0 Å². The van der Waals surface area contributed by atoms with E-state index in [2.05, 4.69) is 17.1 Å². The molecule has 2 nitrogen and oxygen atoms in total. The van der Waals surface area contributed by atoms with Crippen LogP contribution in [0.5, 0.6) is 0 Å². The van der Waals surface area contributed by atoms with Gasteiger partial charge in [-0.05, 0) is 37.8 Å². The summed E-state index contributed by atoms with van der Waals surface area (Å²) in [6.07, 6.45) is 2.59. The lowest BCUT2D eigenvalue weighted by Crippen LogP contribution is -2.56. The molecule has 2 aliphatic rings. The summed E-state index contributed by atoms with van der Waals surface area (Å²) in [7, 11) is 0. The third kappa shape index (κ3) is 2.69. The van der Waals surface area contributed by atoms with Crippen LogP contribution in [0.25, 0.3) is 0 Å². The molecule has 2 unspecified atom stereocenters. The van der Waals surface area contributed by atoms with E-state index in [0.29, 0.717) is 22.1 Å². The molecular formula is C14H17Cl2FN2. The van der Waals surface area contributed by atoms with Gasteiger partial charge in [0.15, 0.2) is 0 Å². The van der Waals surface area contributed by atoms with Gasteiger partial charge in [0.2, 0.25) is 0 Å². The fraction of sp³-hybridized carbons (Fsp3) is 0.571. The first-order valence-electron chi connectivity index (χ1n) is 6.71. The molecular weight excluding hydrogens is 286 g/mol. The van der Waals surface area contributed by atoms with Gasteiger partial charge in [-0.1, -0.05) is 23.2 Å². The van der Waals surface area contributed by atoms with Crippen molar-refractivity contribution in [2.24, 2.45) is 5.92 Å². The van der Waals surface area contributed by atoms with Crippen LogP contribution >= 0.6 is 23.2 Å². The highest BCUT2D eigenvalue weighted by molar-refractivity contribution is 6.39. The van der Waals surface area contributed by atoms with Crippen molar-refractivity contribution in [1.82, 2.24) is 5.32 Å². The summed E-state index contributed by atoms with van der Waals surface area (Å²) in [5.41, 5.74) is 0.768. The number of rotatable bonds is 2. The SMILES string of the molecule is CC1CNC(C2CC2)CN1c1c(Cl)cc(F)cc1Cl. The number of piperazine rings is 1. The fourth-order valence-corrected chi connectivity index (χ4v) is 3.50. The van der Waals surface area contributed by atoms with E-state index in [1.807, 2.05) is 0 Å². The van der Waals surface area contributed by atoms with E-state index in [1.165, 1.54) is 25.0 Å². The van der Waals surface area contributed by atoms with Crippen LogP contribution in [0.2, 0.25) is 10.0 Å². The van der Waals surface area contributed by atoms with Gasteiger partial charge in [0.05, 0.1) is 15.7 Å². The zero-order valence-electron chi connectivity index (χ0n) is 10.8. The third-order valence-electron chi connectivity index (χ3n) is 4.06. The molecule has 0 bridgehead atoms. The van der Waals surface area contributed by atoms with Gasteiger partial charge in [-0.25, -0.2) is 4.39 Å². The Morgan fingerprint density at radius 3 is 2.47 bits per heavy atom. The fourth-order valence-electron chi connectivity index (χ4n) is 2.82. The summed E-state index contributed by atoms with van der Waals surface area (Å²) in [5, 5.41) is 4.37. The van der Waals surface area contributed by atoms with Crippen LogP contribution < -0.4 is 10.2 Å². The molecule has 1 saturated heterocycles. The minimum atomic E-state index is -0.389. The van der Waals surface area contributed by atoms with E-state index in [0.717, 1.165) is 24.7 Å². The Labute approximate surface area is 122 Å². The molecule has 2 atom stereocenters. The van der Waals surface area contributed by atoms with Crippen LogP contribution in [0, 0.1) is 11.7 Å². The molecule has 104 valence electrons. The molecule has 1 heterocycles. The minimum absolute atomic E-state index is 0.301. The number of halogens is 3. The van der Waals surface area contributed by atoms with E-state index in [-0.39, 0.29) is 5.82 Å². The first-order valence-corrected chi connectivity index (χ1v) is 7.46. The predicted octanol–water partition coefficient (Wildman–Crippen LogP) is 3.71. The van der Waals surface area contributed by atoms with Crippen molar-refractivity contribution in [2.45, 2.75) is 31.8 Å². The van der Waals surface area contributed by atoms with E-state index < -0.39 is 0 Å². The van der Waals surface area contributed by atoms with E-state index in [9.17, 15) is 4.39 Å². The van der Waals surface area contributed by atoms with Crippen LogP contribution in [0.15, 0.2) is 12.1 Å². The highest BCUT2D eigenvalue weighted by atomic mass is 35.5. The molecule has 0 amide bonds. The van der Waals surface area contributed by atoms with Crippen molar-refractivity contribution >= 4 is 28.9 Å². The summed E-state index contributed by atoms with van der Waals surface area (Å²) in [5.74, 6) is 0.383. The van der Waals surface area contributed by atoms with Gasteiger partial charge in [-0.15, -0.1) is 0 Å². The van der Waals surface area contributed by atoms with Gasteiger partial charge in [0, 0.05) is 25.2 Å². The lowest BCUT2D eigenvalue weighted by atomic mass is 10.1. The van der Waals surface area contributed by atoms with Gasteiger partial charge in [-0.2, -0.15) is 0 Å². The molecule has 2 fully saturated rings. The normalized spacial score (nSPS) is 27.7. The van der Waals surface area contributed by atoms with Gasteiger partial charge in [-0.3, -0.25) is 0 Å². The molecule has 19 heavy (non-hydrogen) atoms. The van der Waals surface area contributed by atoms with Crippen molar-refractivity contribution < 1.29 is 4.39 Å². The highest BCUT2D eigenvalue weighted by Gasteiger charge is 2.37. The van der Waals surface area contributed by atoms with Crippen molar-refractivity contribution in [3.8, 4) is 0 Å². The summed E-state index contributed by atoms with van der Waals surface area (Å²) in [6, 6.07) is 3.47. The van der Waals surface area contributed by atoms with Crippen LogP contribution in [-0.2, 0) is 0 Å². The van der Waals surface area contributed by atoms with Crippen LogP contribution in [0.3, 0.4) is 0 Å². The number of hydrogen-bond donors (Lipinski definition) is 1. The molecule has 1 N–H and O–H groups in total. The number of nitrogens with zero attached hydrogens (tertiary/aromatic N) is 1. The molecule has 1 aliphatic carbocycles. The topological polar surface area (TPSA) is 15.3 Å². The third-order valence-corrected chi connectivity index (χ3v) is 4.64. The average molecular weight is 303 g/mol. The number of hydrogen-bond acceptors (Lipinski definition) is 2. The van der Waals surface area contributed by atoms with E-state index in [4.69, 9.17) is 23.2 Å². The Bertz CT molecular complexity index is 467.